The number of benzene rings is 3. The molecule has 3 amide bonds. The molecule has 2 radical (unpaired) electrons. The van der Waals surface area contributed by atoms with Crippen molar-refractivity contribution in [2.24, 2.45) is 11.3 Å². The molecule has 1 aliphatic heterocycles. The average molecular weight is 659 g/mol. The predicted octanol–water partition coefficient (Wildman–Crippen LogP) is 6.73. The van der Waals surface area contributed by atoms with E-state index in [1.165, 1.54) is 24.3 Å². The summed E-state index contributed by atoms with van der Waals surface area (Å²) in [6.07, 6.45) is -4.57. The van der Waals surface area contributed by atoms with Crippen molar-refractivity contribution in [2.45, 2.75) is 46.3 Å². The summed E-state index contributed by atoms with van der Waals surface area (Å²) in [7, 11) is 5.73. The predicted molar refractivity (Wildman–Crippen MR) is 173 cm³/mol. The number of hydrogen-bond donors (Lipinski definition) is 3. The molecule has 3 aromatic carbocycles. The number of amides is 3. The van der Waals surface area contributed by atoms with Gasteiger partial charge in [-0.2, -0.15) is 13.2 Å². The van der Waals surface area contributed by atoms with E-state index in [1.54, 1.807) is 56.0 Å². The van der Waals surface area contributed by atoms with Gasteiger partial charge in [0, 0.05) is 36.4 Å². The van der Waals surface area contributed by atoms with Crippen LogP contribution in [0.5, 0.6) is 0 Å². The lowest BCUT2D eigenvalue weighted by Crippen LogP contribution is -2.39. The smallest absolute Gasteiger partial charge is 0.371 e. The molecule has 1 heterocycles. The Hall–Kier alpha value is -3.70. The molecule has 0 saturated carbocycles. The SMILES string of the molecule is [B]c1ccc(NC(=O)c2ccc(NC(=O)c3c(Cl)cc(CNC(=O)C(C)(C)C)cc3Cl)cc2N2CCC(C(F)(F)F)CC2)cc1. The lowest BCUT2D eigenvalue weighted by atomic mass is 9.95. The molecule has 0 aromatic heterocycles. The van der Waals surface area contributed by atoms with Gasteiger partial charge < -0.3 is 20.9 Å². The zero-order valence-electron chi connectivity index (χ0n) is 24.9. The highest BCUT2D eigenvalue weighted by Crippen LogP contribution is 2.37. The molecule has 3 N–H and O–H groups in total. The van der Waals surface area contributed by atoms with Crippen molar-refractivity contribution in [2.75, 3.05) is 28.6 Å². The Morgan fingerprint density at radius 3 is 1.98 bits per heavy atom. The molecule has 0 atom stereocenters. The van der Waals surface area contributed by atoms with Crippen molar-refractivity contribution in [3.05, 3.63) is 81.3 Å². The Morgan fingerprint density at radius 2 is 1.42 bits per heavy atom. The van der Waals surface area contributed by atoms with E-state index in [0.29, 0.717) is 22.4 Å². The fourth-order valence-electron chi connectivity index (χ4n) is 4.86. The van der Waals surface area contributed by atoms with E-state index in [2.05, 4.69) is 16.0 Å². The summed E-state index contributed by atoms with van der Waals surface area (Å²) in [5.41, 5.74) is 1.87. The van der Waals surface area contributed by atoms with Crippen molar-refractivity contribution in [1.82, 2.24) is 5.32 Å². The molecule has 13 heteroatoms. The molecule has 0 spiro atoms. The normalized spacial score (nSPS) is 14.2. The maximum absolute atomic E-state index is 13.4. The Balaban J connectivity index is 1.57. The monoisotopic (exact) mass is 658 g/mol. The summed E-state index contributed by atoms with van der Waals surface area (Å²) in [6, 6.07) is 14.1. The molecule has 4 rings (SSSR count). The van der Waals surface area contributed by atoms with Gasteiger partial charge in [-0.3, -0.25) is 14.4 Å². The summed E-state index contributed by atoms with van der Waals surface area (Å²) in [4.78, 5) is 40.6. The Bertz CT molecular complexity index is 1560. The molecule has 1 saturated heterocycles. The van der Waals surface area contributed by atoms with Crippen LogP contribution in [0.15, 0.2) is 54.6 Å². The minimum Gasteiger partial charge on any atom is -0.371 e. The van der Waals surface area contributed by atoms with Gasteiger partial charge in [0.25, 0.3) is 11.8 Å². The number of carbonyl (C=O) groups is 3. The maximum atomic E-state index is 13.4. The highest BCUT2D eigenvalue weighted by molar-refractivity contribution is 6.40. The lowest BCUT2D eigenvalue weighted by molar-refractivity contribution is -0.179. The largest absolute Gasteiger partial charge is 0.391 e. The summed E-state index contributed by atoms with van der Waals surface area (Å²) in [5, 5.41) is 8.44. The lowest BCUT2D eigenvalue weighted by Gasteiger charge is -2.35. The highest BCUT2D eigenvalue weighted by Gasteiger charge is 2.41. The molecule has 1 aliphatic rings. The fourth-order valence-corrected chi connectivity index (χ4v) is 5.57. The van der Waals surface area contributed by atoms with Crippen LogP contribution in [0, 0.1) is 11.3 Å². The third kappa shape index (κ3) is 8.73. The van der Waals surface area contributed by atoms with Crippen LogP contribution >= 0.6 is 23.2 Å². The van der Waals surface area contributed by atoms with E-state index in [0.717, 1.165) is 0 Å². The van der Waals surface area contributed by atoms with Crippen molar-refractivity contribution in [3.63, 3.8) is 0 Å². The van der Waals surface area contributed by atoms with Gasteiger partial charge in [-0.1, -0.05) is 61.6 Å². The molecule has 0 bridgehead atoms. The van der Waals surface area contributed by atoms with Gasteiger partial charge >= 0.3 is 6.18 Å². The maximum Gasteiger partial charge on any atom is 0.391 e. The van der Waals surface area contributed by atoms with Gasteiger partial charge in [0.2, 0.25) is 5.91 Å². The number of alkyl halides is 3. The minimum absolute atomic E-state index is 0.00180. The van der Waals surface area contributed by atoms with E-state index in [-0.39, 0.29) is 65.2 Å². The van der Waals surface area contributed by atoms with Gasteiger partial charge in [-0.25, -0.2) is 0 Å². The van der Waals surface area contributed by atoms with Crippen LogP contribution in [0.2, 0.25) is 10.0 Å². The third-order valence-corrected chi connectivity index (χ3v) is 8.03. The van der Waals surface area contributed by atoms with Gasteiger partial charge in [0.1, 0.15) is 7.85 Å². The summed E-state index contributed by atoms with van der Waals surface area (Å²) in [6.45, 7) is 5.63. The number of piperidine rings is 1. The number of carbonyl (C=O) groups excluding carboxylic acids is 3. The summed E-state index contributed by atoms with van der Waals surface area (Å²) in [5.74, 6) is -2.71. The van der Waals surface area contributed by atoms with Crippen LogP contribution in [0.25, 0.3) is 0 Å². The van der Waals surface area contributed by atoms with Crippen molar-refractivity contribution >= 4 is 71.3 Å². The Morgan fingerprint density at radius 1 is 0.867 bits per heavy atom. The first-order chi connectivity index (χ1) is 21.0. The highest BCUT2D eigenvalue weighted by atomic mass is 35.5. The standard InChI is InChI=1S/C32H32BCl2F3N4O3/c1-31(2,3)30(45)39-17-18-14-24(34)27(25(35)15-18)29(44)41-22-8-9-23(28(43)40-21-6-4-20(33)5-7-21)26(16-22)42-12-10-19(11-13-42)32(36,37)38/h4-9,14-16,19H,10-13,17H2,1-3H3,(H,39,45)(H,40,43)(H,41,44). The minimum atomic E-state index is -4.30. The van der Waals surface area contributed by atoms with E-state index in [9.17, 15) is 27.6 Å². The molecule has 3 aromatic rings. The quantitative estimate of drug-likeness (QED) is 0.246. The zero-order valence-corrected chi connectivity index (χ0v) is 26.5. The fraction of sp³-hybridized carbons (Fsp3) is 0.344. The van der Waals surface area contributed by atoms with Crippen molar-refractivity contribution < 1.29 is 27.6 Å². The van der Waals surface area contributed by atoms with Crippen LogP contribution in [0.4, 0.5) is 30.2 Å². The molecule has 7 nitrogen and oxygen atoms in total. The topological polar surface area (TPSA) is 90.5 Å². The van der Waals surface area contributed by atoms with Crippen LogP contribution in [0.1, 0.15) is 59.9 Å². The number of anilines is 3. The number of halogens is 5. The Kier molecular flexibility index (Phi) is 10.4. The van der Waals surface area contributed by atoms with E-state index >= 15 is 0 Å². The number of nitrogens with one attached hydrogen (secondary N) is 3. The van der Waals surface area contributed by atoms with Crippen LogP contribution < -0.4 is 26.3 Å². The van der Waals surface area contributed by atoms with E-state index < -0.39 is 29.3 Å². The van der Waals surface area contributed by atoms with Gasteiger partial charge in [-0.05, 0) is 60.9 Å². The second-order valence-electron chi connectivity index (χ2n) is 11.9. The molecular formula is C32H32BCl2F3N4O3. The summed E-state index contributed by atoms with van der Waals surface area (Å²) < 4.78 is 40.1. The van der Waals surface area contributed by atoms with E-state index in [4.69, 9.17) is 31.0 Å². The molecule has 236 valence electrons. The number of rotatable bonds is 7. The Labute approximate surface area is 271 Å². The zero-order chi connectivity index (χ0) is 33.1. The van der Waals surface area contributed by atoms with Crippen LogP contribution in [-0.2, 0) is 11.3 Å². The second-order valence-corrected chi connectivity index (χ2v) is 12.7. The number of nitrogens with zero attached hydrogens (tertiary/aromatic N) is 1. The molecule has 1 fully saturated rings. The summed E-state index contributed by atoms with van der Waals surface area (Å²) >= 11 is 12.9. The first-order valence-electron chi connectivity index (χ1n) is 14.2. The first kappa shape index (κ1) is 34.2. The second kappa shape index (κ2) is 13.7. The van der Waals surface area contributed by atoms with Crippen LogP contribution in [-0.4, -0.2) is 44.8 Å². The molecular weight excluding hydrogens is 627 g/mol. The third-order valence-electron chi connectivity index (χ3n) is 7.43. The molecule has 45 heavy (non-hydrogen) atoms. The van der Waals surface area contributed by atoms with Gasteiger partial charge in [-0.15, -0.1) is 0 Å². The molecule has 0 aliphatic carbocycles. The van der Waals surface area contributed by atoms with E-state index in [1.807, 2.05) is 0 Å². The van der Waals surface area contributed by atoms with Gasteiger partial charge in [0.15, 0.2) is 0 Å². The van der Waals surface area contributed by atoms with Crippen LogP contribution in [0.3, 0.4) is 0 Å². The first-order valence-corrected chi connectivity index (χ1v) is 15.0. The van der Waals surface area contributed by atoms with Gasteiger partial charge in [0.05, 0.1) is 32.8 Å². The number of hydrogen-bond acceptors (Lipinski definition) is 4. The average Bonchev–Trinajstić information content (AvgIpc) is 2.95. The molecule has 0 unspecified atom stereocenters. The van der Waals surface area contributed by atoms with Crippen molar-refractivity contribution in [1.29, 1.82) is 0 Å². The van der Waals surface area contributed by atoms with Crippen molar-refractivity contribution in [3.8, 4) is 0 Å².